The van der Waals surface area contributed by atoms with Crippen molar-refractivity contribution in [1.29, 1.82) is 0 Å². The third-order valence-electron chi connectivity index (χ3n) is 2.55. The minimum Gasteiger partial charge on any atom is -0.376 e. The molecule has 0 saturated heterocycles. The van der Waals surface area contributed by atoms with E-state index in [1.807, 2.05) is 19.1 Å². The molecule has 1 aromatic carbocycles. The van der Waals surface area contributed by atoms with Crippen LogP contribution in [0.3, 0.4) is 0 Å². The molecule has 5 heteroatoms. The highest BCUT2D eigenvalue weighted by molar-refractivity contribution is 6.39. The van der Waals surface area contributed by atoms with Gasteiger partial charge in [-0.15, -0.1) is 0 Å². The maximum Gasteiger partial charge on any atom is 0.126 e. The topological polar surface area (TPSA) is 24.9 Å². The second-order valence-electron chi connectivity index (χ2n) is 3.90. The number of hydrogen-bond acceptors (Lipinski definition) is 2. The van der Waals surface area contributed by atoms with Crippen LogP contribution in [0.15, 0.2) is 36.7 Å². The highest BCUT2D eigenvalue weighted by atomic mass is 35.5. The molecule has 0 radical (unpaired) electrons. The molecule has 0 aliphatic carbocycles. The molecule has 0 bridgehead atoms. The van der Waals surface area contributed by atoms with Gasteiger partial charge in [0.2, 0.25) is 0 Å². The third-order valence-corrected chi connectivity index (χ3v) is 3.15. The molecule has 1 heterocycles. The highest BCUT2D eigenvalue weighted by Gasteiger charge is 2.12. The fraction of sp³-hybridized carbons (Fsp3) is 0.154. The molecular formula is C13H11Cl2FN2. The number of hydrogen-bond donors (Lipinski definition) is 1. The molecule has 0 aliphatic rings. The smallest absolute Gasteiger partial charge is 0.126 e. The molecule has 0 aliphatic heterocycles. The van der Waals surface area contributed by atoms with Crippen LogP contribution in [0.5, 0.6) is 0 Å². The van der Waals surface area contributed by atoms with Gasteiger partial charge in [-0.1, -0.05) is 29.3 Å². The lowest BCUT2D eigenvalue weighted by Gasteiger charge is -2.17. The lowest BCUT2D eigenvalue weighted by Crippen LogP contribution is -2.07. The van der Waals surface area contributed by atoms with Crippen molar-refractivity contribution >= 4 is 28.9 Å². The molecule has 0 fully saturated rings. The van der Waals surface area contributed by atoms with Gasteiger partial charge in [0, 0.05) is 12.4 Å². The van der Waals surface area contributed by atoms with E-state index in [1.165, 1.54) is 12.1 Å². The van der Waals surface area contributed by atoms with Gasteiger partial charge in [0.1, 0.15) is 5.82 Å². The van der Waals surface area contributed by atoms with Gasteiger partial charge in [-0.3, -0.25) is 4.98 Å². The first-order chi connectivity index (χ1) is 8.58. The van der Waals surface area contributed by atoms with Crippen LogP contribution in [-0.4, -0.2) is 4.98 Å². The van der Waals surface area contributed by atoms with Crippen LogP contribution in [0.2, 0.25) is 10.0 Å². The van der Waals surface area contributed by atoms with Crippen molar-refractivity contribution in [2.24, 2.45) is 0 Å². The molecule has 2 aromatic rings. The van der Waals surface area contributed by atoms with Crippen molar-refractivity contribution in [2.75, 3.05) is 5.32 Å². The summed E-state index contributed by atoms with van der Waals surface area (Å²) in [6.07, 6.45) is 3.46. The van der Waals surface area contributed by atoms with Crippen molar-refractivity contribution in [3.8, 4) is 0 Å². The normalized spacial score (nSPS) is 12.2. The number of halogens is 3. The van der Waals surface area contributed by atoms with Gasteiger partial charge in [0.15, 0.2) is 0 Å². The Morgan fingerprint density at radius 1 is 1.28 bits per heavy atom. The Kier molecular flexibility index (Phi) is 4.04. The molecule has 94 valence electrons. The summed E-state index contributed by atoms with van der Waals surface area (Å²) in [5.41, 5.74) is 1.52. The summed E-state index contributed by atoms with van der Waals surface area (Å²) in [5, 5.41) is 3.67. The van der Waals surface area contributed by atoms with Crippen LogP contribution in [-0.2, 0) is 0 Å². The van der Waals surface area contributed by atoms with Crippen LogP contribution in [0.25, 0.3) is 0 Å². The molecule has 1 atom stereocenters. The number of rotatable bonds is 3. The van der Waals surface area contributed by atoms with Gasteiger partial charge >= 0.3 is 0 Å². The maximum absolute atomic E-state index is 13.1. The SMILES string of the molecule is CC(Nc1c(Cl)cc(F)cc1Cl)c1cccnc1. The van der Waals surface area contributed by atoms with Gasteiger partial charge in [0.05, 0.1) is 21.8 Å². The van der Waals surface area contributed by atoms with E-state index in [1.54, 1.807) is 12.4 Å². The summed E-state index contributed by atoms with van der Waals surface area (Å²) in [7, 11) is 0. The quantitative estimate of drug-likeness (QED) is 0.884. The molecule has 2 nitrogen and oxygen atoms in total. The molecule has 18 heavy (non-hydrogen) atoms. The van der Waals surface area contributed by atoms with E-state index in [-0.39, 0.29) is 16.1 Å². The average Bonchev–Trinajstić information content (AvgIpc) is 2.34. The molecule has 0 saturated carbocycles. The monoisotopic (exact) mass is 284 g/mol. The Bertz CT molecular complexity index is 523. The van der Waals surface area contributed by atoms with Gasteiger partial charge in [0.25, 0.3) is 0 Å². The van der Waals surface area contributed by atoms with E-state index >= 15 is 0 Å². The zero-order chi connectivity index (χ0) is 13.1. The van der Waals surface area contributed by atoms with E-state index in [0.717, 1.165) is 5.56 Å². The summed E-state index contributed by atoms with van der Waals surface area (Å²) >= 11 is 11.9. The molecule has 1 N–H and O–H groups in total. The molecule has 0 amide bonds. The Morgan fingerprint density at radius 3 is 2.50 bits per heavy atom. The summed E-state index contributed by atoms with van der Waals surface area (Å²) in [4.78, 5) is 4.04. The Balaban J connectivity index is 2.25. The first-order valence-electron chi connectivity index (χ1n) is 5.39. The first-order valence-corrected chi connectivity index (χ1v) is 6.14. The van der Waals surface area contributed by atoms with Gasteiger partial charge in [-0.2, -0.15) is 0 Å². The lowest BCUT2D eigenvalue weighted by atomic mass is 10.1. The molecule has 1 aromatic heterocycles. The summed E-state index contributed by atoms with van der Waals surface area (Å²) in [5.74, 6) is -0.454. The van der Waals surface area contributed by atoms with E-state index in [9.17, 15) is 4.39 Å². The second kappa shape index (κ2) is 5.55. The standard InChI is InChI=1S/C13H11Cl2FN2/c1-8(9-3-2-4-17-7-9)18-13-11(14)5-10(16)6-12(13)15/h2-8,18H,1H3. The molecule has 2 rings (SSSR count). The van der Waals surface area contributed by atoms with Crippen LogP contribution < -0.4 is 5.32 Å². The van der Waals surface area contributed by atoms with E-state index in [0.29, 0.717) is 5.69 Å². The van der Waals surface area contributed by atoms with E-state index in [2.05, 4.69) is 10.3 Å². The van der Waals surface area contributed by atoms with Crippen LogP contribution in [0.1, 0.15) is 18.5 Å². The van der Waals surface area contributed by atoms with Crippen molar-refractivity contribution < 1.29 is 4.39 Å². The number of anilines is 1. The Hall–Kier alpha value is -1.32. The Morgan fingerprint density at radius 2 is 1.94 bits per heavy atom. The highest BCUT2D eigenvalue weighted by Crippen LogP contribution is 2.33. The van der Waals surface area contributed by atoms with Crippen LogP contribution >= 0.6 is 23.2 Å². The Labute approximate surface area is 115 Å². The van der Waals surface area contributed by atoms with Crippen LogP contribution in [0, 0.1) is 5.82 Å². The minimum atomic E-state index is -0.454. The fourth-order valence-corrected chi connectivity index (χ4v) is 2.18. The van der Waals surface area contributed by atoms with E-state index < -0.39 is 5.82 Å². The average molecular weight is 285 g/mol. The van der Waals surface area contributed by atoms with Crippen molar-refractivity contribution in [3.63, 3.8) is 0 Å². The summed E-state index contributed by atoms with van der Waals surface area (Å²) in [6, 6.07) is 6.22. The van der Waals surface area contributed by atoms with Crippen LogP contribution in [0.4, 0.5) is 10.1 Å². The van der Waals surface area contributed by atoms with Gasteiger partial charge in [-0.05, 0) is 30.7 Å². The van der Waals surface area contributed by atoms with E-state index in [4.69, 9.17) is 23.2 Å². The largest absolute Gasteiger partial charge is 0.376 e. The summed E-state index contributed by atoms with van der Waals surface area (Å²) in [6.45, 7) is 1.95. The molecular weight excluding hydrogens is 274 g/mol. The third kappa shape index (κ3) is 2.92. The predicted octanol–water partition coefficient (Wildman–Crippen LogP) is 4.70. The first kappa shape index (κ1) is 13.1. The molecule has 0 spiro atoms. The van der Waals surface area contributed by atoms with Crippen molar-refractivity contribution in [1.82, 2.24) is 4.98 Å². The van der Waals surface area contributed by atoms with Gasteiger partial charge < -0.3 is 5.32 Å². The van der Waals surface area contributed by atoms with Crippen molar-refractivity contribution in [3.05, 3.63) is 58.1 Å². The zero-order valence-electron chi connectivity index (χ0n) is 9.62. The molecule has 1 unspecified atom stereocenters. The second-order valence-corrected chi connectivity index (χ2v) is 4.71. The fourth-order valence-electron chi connectivity index (χ4n) is 1.61. The zero-order valence-corrected chi connectivity index (χ0v) is 11.1. The van der Waals surface area contributed by atoms with Gasteiger partial charge in [-0.25, -0.2) is 4.39 Å². The number of benzene rings is 1. The predicted molar refractivity (Wildman–Crippen MR) is 72.7 cm³/mol. The number of aromatic nitrogens is 1. The number of nitrogens with one attached hydrogen (secondary N) is 1. The number of pyridine rings is 1. The minimum absolute atomic E-state index is 0.0286. The lowest BCUT2D eigenvalue weighted by molar-refractivity contribution is 0.628. The summed E-state index contributed by atoms with van der Waals surface area (Å²) < 4.78 is 13.1. The maximum atomic E-state index is 13.1. The van der Waals surface area contributed by atoms with Crippen molar-refractivity contribution in [2.45, 2.75) is 13.0 Å². The number of nitrogens with zero attached hydrogens (tertiary/aromatic N) is 1.